The number of ketones is 3. The van der Waals surface area contributed by atoms with E-state index in [9.17, 15) is 14.4 Å². The van der Waals surface area contributed by atoms with E-state index in [4.69, 9.17) is 0 Å². The van der Waals surface area contributed by atoms with Gasteiger partial charge in [-0.3, -0.25) is 14.4 Å². The van der Waals surface area contributed by atoms with Crippen LogP contribution in [0.15, 0.2) is 75.9 Å². The first kappa shape index (κ1) is 22.5. The highest BCUT2D eigenvalue weighted by atomic mass is 16.2. The van der Waals surface area contributed by atoms with Gasteiger partial charge in [0.2, 0.25) is 0 Å². The van der Waals surface area contributed by atoms with Crippen LogP contribution in [0.5, 0.6) is 0 Å². The van der Waals surface area contributed by atoms with Crippen molar-refractivity contribution in [2.75, 3.05) is 0 Å². The fraction of sp³-hybridized carbons (Fsp3) is 0.375. The van der Waals surface area contributed by atoms with Crippen molar-refractivity contribution in [2.24, 2.45) is 16.2 Å². The Hall–Kier alpha value is -2.55. The molecule has 3 heteroatoms. The van der Waals surface area contributed by atoms with Crippen molar-refractivity contribution in [2.45, 2.75) is 38.5 Å². The molecular weight excluding hydrogens is 336 g/mol. The van der Waals surface area contributed by atoms with Crippen molar-refractivity contribution in [1.82, 2.24) is 0 Å². The van der Waals surface area contributed by atoms with E-state index in [-0.39, 0.29) is 55.9 Å². The Morgan fingerprint density at radius 2 is 0.593 bits per heavy atom. The lowest BCUT2D eigenvalue weighted by Gasteiger charge is -2.51. The Morgan fingerprint density at radius 1 is 0.444 bits per heavy atom. The molecule has 0 atom stereocenters. The van der Waals surface area contributed by atoms with Gasteiger partial charge < -0.3 is 0 Å². The van der Waals surface area contributed by atoms with Crippen molar-refractivity contribution in [3.63, 3.8) is 0 Å². The number of Topliss-reactive ketones (excluding diaryl/α,β-unsaturated/α-hetero) is 3. The standard InChI is InChI=1S/C24H30O3/c1-7-13-22(14-8-2)19(25)23(15-9-3,16-10-4)21(27)24(17-11-5,18-12-6)20(22)26/h7-12H,1-6,13-18H2. The number of rotatable bonds is 12. The quantitative estimate of drug-likeness (QED) is 0.356. The van der Waals surface area contributed by atoms with Gasteiger partial charge in [-0.2, -0.15) is 0 Å². The van der Waals surface area contributed by atoms with Crippen LogP contribution in [-0.2, 0) is 14.4 Å². The lowest BCUT2D eigenvalue weighted by molar-refractivity contribution is -0.170. The molecule has 1 fully saturated rings. The van der Waals surface area contributed by atoms with Crippen LogP contribution in [0.2, 0.25) is 0 Å². The van der Waals surface area contributed by atoms with Gasteiger partial charge in [0.1, 0.15) is 0 Å². The van der Waals surface area contributed by atoms with Crippen LogP contribution in [0.4, 0.5) is 0 Å². The average Bonchev–Trinajstić information content (AvgIpc) is 2.64. The zero-order valence-electron chi connectivity index (χ0n) is 16.2. The monoisotopic (exact) mass is 366 g/mol. The Balaban J connectivity index is 3.99. The molecule has 0 bridgehead atoms. The fourth-order valence-electron chi connectivity index (χ4n) is 4.52. The molecule has 27 heavy (non-hydrogen) atoms. The van der Waals surface area contributed by atoms with Crippen LogP contribution in [0.1, 0.15) is 38.5 Å². The van der Waals surface area contributed by atoms with Gasteiger partial charge in [-0.25, -0.2) is 0 Å². The molecule has 0 N–H and O–H groups in total. The third-order valence-corrected chi connectivity index (χ3v) is 5.56. The van der Waals surface area contributed by atoms with E-state index in [1.54, 1.807) is 36.5 Å². The summed E-state index contributed by atoms with van der Waals surface area (Å²) < 4.78 is 0. The minimum absolute atomic E-state index is 0.149. The van der Waals surface area contributed by atoms with E-state index < -0.39 is 16.2 Å². The molecule has 1 aliphatic rings. The predicted molar refractivity (Wildman–Crippen MR) is 111 cm³/mol. The lowest BCUT2D eigenvalue weighted by Crippen LogP contribution is -2.66. The van der Waals surface area contributed by atoms with Gasteiger partial charge in [0.05, 0.1) is 16.2 Å². The van der Waals surface area contributed by atoms with Gasteiger partial charge in [-0.1, -0.05) is 36.5 Å². The second-order valence-corrected chi connectivity index (χ2v) is 7.19. The molecule has 144 valence electrons. The van der Waals surface area contributed by atoms with Gasteiger partial charge in [-0.15, -0.1) is 39.5 Å². The summed E-state index contributed by atoms with van der Waals surface area (Å²) in [5.74, 6) is -1.14. The van der Waals surface area contributed by atoms with E-state index in [1.807, 2.05) is 0 Å². The lowest BCUT2D eigenvalue weighted by atomic mass is 9.46. The summed E-state index contributed by atoms with van der Waals surface area (Å²) in [4.78, 5) is 41.3. The maximum absolute atomic E-state index is 13.8. The highest BCUT2D eigenvalue weighted by molar-refractivity contribution is 6.31. The highest BCUT2D eigenvalue weighted by Gasteiger charge is 2.68. The third-order valence-electron chi connectivity index (χ3n) is 5.56. The van der Waals surface area contributed by atoms with Gasteiger partial charge in [0.15, 0.2) is 17.3 Å². The molecule has 1 saturated carbocycles. The second kappa shape index (κ2) is 8.90. The van der Waals surface area contributed by atoms with Crippen molar-refractivity contribution in [1.29, 1.82) is 0 Å². The summed E-state index contributed by atoms with van der Waals surface area (Å²) >= 11 is 0. The first-order chi connectivity index (χ1) is 12.8. The molecule has 1 aliphatic carbocycles. The van der Waals surface area contributed by atoms with Crippen LogP contribution in [0, 0.1) is 16.2 Å². The Labute approximate surface area is 162 Å². The minimum Gasteiger partial charge on any atom is -0.297 e. The molecule has 0 aliphatic heterocycles. The van der Waals surface area contributed by atoms with E-state index in [0.717, 1.165) is 0 Å². The van der Waals surface area contributed by atoms with Crippen LogP contribution in [-0.4, -0.2) is 17.3 Å². The van der Waals surface area contributed by atoms with Crippen molar-refractivity contribution in [3.8, 4) is 0 Å². The van der Waals surface area contributed by atoms with Crippen molar-refractivity contribution >= 4 is 17.3 Å². The summed E-state index contributed by atoms with van der Waals surface area (Å²) in [5, 5.41) is 0. The van der Waals surface area contributed by atoms with Crippen LogP contribution in [0.3, 0.4) is 0 Å². The molecule has 0 amide bonds. The number of hydrogen-bond donors (Lipinski definition) is 0. The zero-order valence-corrected chi connectivity index (χ0v) is 16.2. The van der Waals surface area contributed by atoms with E-state index >= 15 is 0 Å². The molecule has 0 radical (unpaired) electrons. The maximum Gasteiger partial charge on any atom is 0.161 e. The van der Waals surface area contributed by atoms with Crippen molar-refractivity contribution in [3.05, 3.63) is 75.9 Å². The van der Waals surface area contributed by atoms with E-state index in [1.165, 1.54) is 0 Å². The largest absolute Gasteiger partial charge is 0.297 e. The summed E-state index contributed by atoms with van der Waals surface area (Å²) in [7, 11) is 0. The first-order valence-electron chi connectivity index (χ1n) is 9.13. The fourth-order valence-corrected chi connectivity index (χ4v) is 4.52. The molecule has 0 unspecified atom stereocenters. The Bertz CT molecular complexity index is 543. The molecule has 0 saturated heterocycles. The number of allylic oxidation sites excluding steroid dienone is 6. The SMILES string of the molecule is C=CCC1(CC=C)C(=O)C(CC=C)(CC=C)C(=O)C(CC=C)(CC=C)C1=O. The molecule has 0 aromatic rings. The topological polar surface area (TPSA) is 51.2 Å². The van der Waals surface area contributed by atoms with E-state index in [2.05, 4.69) is 39.5 Å². The molecule has 0 spiro atoms. The molecule has 0 aromatic carbocycles. The molecular formula is C24H30O3. The minimum atomic E-state index is -1.38. The second-order valence-electron chi connectivity index (χ2n) is 7.19. The van der Waals surface area contributed by atoms with Gasteiger partial charge >= 0.3 is 0 Å². The van der Waals surface area contributed by atoms with Gasteiger partial charge in [0.25, 0.3) is 0 Å². The van der Waals surface area contributed by atoms with Gasteiger partial charge in [0, 0.05) is 0 Å². The zero-order chi connectivity index (χ0) is 20.7. The molecule has 1 rings (SSSR count). The number of carbonyl (C=O) groups is 3. The summed E-state index contributed by atoms with van der Waals surface area (Å²) in [6.45, 7) is 22.5. The van der Waals surface area contributed by atoms with Gasteiger partial charge in [-0.05, 0) is 38.5 Å². The predicted octanol–water partition coefficient (Wildman–Crippen LogP) is 5.12. The maximum atomic E-state index is 13.8. The summed E-state index contributed by atoms with van der Waals surface area (Å²) in [6, 6.07) is 0. The molecule has 3 nitrogen and oxygen atoms in total. The van der Waals surface area contributed by atoms with Crippen LogP contribution in [0.25, 0.3) is 0 Å². The number of carbonyl (C=O) groups excluding carboxylic acids is 3. The van der Waals surface area contributed by atoms with Crippen molar-refractivity contribution < 1.29 is 14.4 Å². The third kappa shape index (κ3) is 3.27. The average molecular weight is 367 g/mol. The smallest absolute Gasteiger partial charge is 0.161 e. The Kier molecular flexibility index (Phi) is 7.41. The summed E-state index contributed by atoms with van der Waals surface area (Å²) in [6.07, 6.45) is 10.3. The molecule has 0 aromatic heterocycles. The molecule has 0 heterocycles. The van der Waals surface area contributed by atoms with Crippen LogP contribution >= 0.6 is 0 Å². The first-order valence-corrected chi connectivity index (χ1v) is 9.13. The normalized spacial score (nSPS) is 19.8. The highest BCUT2D eigenvalue weighted by Crippen LogP contribution is 2.56. The number of hydrogen-bond acceptors (Lipinski definition) is 3. The summed E-state index contributed by atoms with van der Waals surface area (Å²) in [5.41, 5.74) is -4.14. The van der Waals surface area contributed by atoms with E-state index in [0.29, 0.717) is 0 Å². The van der Waals surface area contributed by atoms with Crippen LogP contribution < -0.4 is 0 Å². The Morgan fingerprint density at radius 3 is 0.704 bits per heavy atom.